The lowest BCUT2D eigenvalue weighted by atomic mass is 10.0. The summed E-state index contributed by atoms with van der Waals surface area (Å²) < 4.78 is 13.6. The molecule has 0 aromatic carbocycles. The molecule has 2 aliphatic rings. The van der Waals surface area contributed by atoms with Gasteiger partial charge in [0.05, 0.1) is 30.5 Å². The van der Waals surface area contributed by atoms with Crippen molar-refractivity contribution in [2.45, 2.75) is 32.2 Å². The van der Waals surface area contributed by atoms with Gasteiger partial charge in [-0.1, -0.05) is 0 Å². The monoisotopic (exact) mass is 265 g/mol. The molecule has 1 aromatic rings. The van der Waals surface area contributed by atoms with Crippen LogP contribution in [0.4, 0.5) is 10.2 Å². The maximum Gasteiger partial charge on any atom is 0.253 e. The largest absolute Gasteiger partial charge is 0.390 e. The van der Waals surface area contributed by atoms with Crippen LogP contribution in [0.1, 0.15) is 28.0 Å². The minimum atomic E-state index is -1.25. The standard InChI is InChI=1S/C13H16FN3O2/c1-7-4-8-10(5-15-13(8)19)16-12(7)17-3-2-11(18)9(14)6-17/h4,9,11,18H,2-3,5-6H2,1H3,(H,15,19)/t9-,11+/m1/s1. The summed E-state index contributed by atoms with van der Waals surface area (Å²) in [6.07, 6.45) is -1.73. The number of rotatable bonds is 1. The van der Waals surface area contributed by atoms with Gasteiger partial charge in [-0.25, -0.2) is 9.37 Å². The van der Waals surface area contributed by atoms with E-state index in [1.165, 1.54) is 0 Å². The van der Waals surface area contributed by atoms with E-state index in [0.29, 0.717) is 36.6 Å². The molecule has 2 atom stereocenters. The number of fused-ring (bicyclic) bond motifs is 1. The highest BCUT2D eigenvalue weighted by atomic mass is 19.1. The third-order valence-electron chi connectivity index (χ3n) is 3.73. The molecule has 3 heterocycles. The van der Waals surface area contributed by atoms with E-state index in [2.05, 4.69) is 10.3 Å². The van der Waals surface area contributed by atoms with Gasteiger partial charge in [0.1, 0.15) is 12.0 Å². The Morgan fingerprint density at radius 3 is 3.11 bits per heavy atom. The fraction of sp³-hybridized carbons (Fsp3) is 0.538. The molecule has 5 nitrogen and oxygen atoms in total. The van der Waals surface area contributed by atoms with Crippen LogP contribution in [0.3, 0.4) is 0 Å². The first-order valence-corrected chi connectivity index (χ1v) is 6.42. The van der Waals surface area contributed by atoms with E-state index in [9.17, 15) is 14.3 Å². The molecule has 0 radical (unpaired) electrons. The fourth-order valence-electron chi connectivity index (χ4n) is 2.64. The summed E-state index contributed by atoms with van der Waals surface area (Å²) in [6, 6.07) is 1.80. The van der Waals surface area contributed by atoms with Gasteiger partial charge in [0.2, 0.25) is 0 Å². The zero-order chi connectivity index (χ0) is 13.6. The second-order valence-electron chi connectivity index (χ2n) is 5.12. The number of nitrogens with zero attached hydrogens (tertiary/aromatic N) is 2. The summed E-state index contributed by atoms with van der Waals surface area (Å²) in [5.74, 6) is 0.611. The predicted octanol–water partition coefficient (Wildman–Crippen LogP) is 0.543. The van der Waals surface area contributed by atoms with Gasteiger partial charge in [0, 0.05) is 6.54 Å². The summed E-state index contributed by atoms with van der Waals surface area (Å²) in [5.41, 5.74) is 2.18. The first-order valence-electron chi connectivity index (χ1n) is 6.42. The normalized spacial score (nSPS) is 26.3. The number of nitrogens with one attached hydrogen (secondary N) is 1. The van der Waals surface area contributed by atoms with Crippen molar-refractivity contribution >= 4 is 11.7 Å². The number of aryl methyl sites for hydroxylation is 1. The van der Waals surface area contributed by atoms with Crippen LogP contribution in [0.5, 0.6) is 0 Å². The number of anilines is 1. The number of halogens is 1. The number of carbonyl (C=O) groups excluding carboxylic acids is 1. The molecule has 1 fully saturated rings. The molecule has 1 amide bonds. The molecule has 3 rings (SSSR count). The molecule has 0 unspecified atom stereocenters. The van der Waals surface area contributed by atoms with Crippen molar-refractivity contribution in [1.82, 2.24) is 10.3 Å². The average molecular weight is 265 g/mol. The van der Waals surface area contributed by atoms with Gasteiger partial charge >= 0.3 is 0 Å². The van der Waals surface area contributed by atoms with Gasteiger partial charge in [0.15, 0.2) is 0 Å². The Kier molecular flexibility index (Phi) is 2.89. The van der Waals surface area contributed by atoms with E-state index in [1.54, 1.807) is 6.07 Å². The number of aromatic nitrogens is 1. The Morgan fingerprint density at radius 1 is 1.58 bits per heavy atom. The third-order valence-corrected chi connectivity index (χ3v) is 3.73. The fourth-order valence-corrected chi connectivity index (χ4v) is 2.64. The van der Waals surface area contributed by atoms with Crippen LogP contribution >= 0.6 is 0 Å². The number of hydrogen-bond acceptors (Lipinski definition) is 4. The maximum absolute atomic E-state index is 13.6. The summed E-state index contributed by atoms with van der Waals surface area (Å²) in [7, 11) is 0. The van der Waals surface area contributed by atoms with Gasteiger partial charge in [-0.3, -0.25) is 4.79 Å². The lowest BCUT2D eigenvalue weighted by Gasteiger charge is -2.34. The van der Waals surface area contributed by atoms with Crippen molar-refractivity contribution in [2.24, 2.45) is 0 Å². The molecule has 102 valence electrons. The topological polar surface area (TPSA) is 65.5 Å². The lowest BCUT2D eigenvalue weighted by Crippen LogP contribution is -2.45. The van der Waals surface area contributed by atoms with Crippen molar-refractivity contribution in [2.75, 3.05) is 18.0 Å². The number of aliphatic hydroxyl groups excluding tert-OH is 1. The zero-order valence-corrected chi connectivity index (χ0v) is 10.7. The van der Waals surface area contributed by atoms with Crippen LogP contribution < -0.4 is 10.2 Å². The minimum absolute atomic E-state index is 0.102. The Hall–Kier alpha value is -1.69. The van der Waals surface area contributed by atoms with E-state index in [0.717, 1.165) is 5.56 Å². The first-order chi connectivity index (χ1) is 9.06. The Labute approximate surface area is 110 Å². The van der Waals surface area contributed by atoms with Crippen molar-refractivity contribution < 1.29 is 14.3 Å². The first kappa shape index (κ1) is 12.3. The van der Waals surface area contributed by atoms with Crippen molar-refractivity contribution in [3.8, 4) is 0 Å². The van der Waals surface area contributed by atoms with E-state index >= 15 is 0 Å². The molecule has 2 aliphatic heterocycles. The van der Waals surface area contributed by atoms with Crippen molar-refractivity contribution in [3.63, 3.8) is 0 Å². The minimum Gasteiger partial charge on any atom is -0.390 e. The molecule has 0 aliphatic carbocycles. The number of aliphatic hydroxyl groups is 1. The molecule has 0 spiro atoms. The number of pyridine rings is 1. The molecule has 19 heavy (non-hydrogen) atoms. The van der Waals surface area contributed by atoms with Crippen molar-refractivity contribution in [3.05, 3.63) is 22.9 Å². The maximum atomic E-state index is 13.6. The van der Waals surface area contributed by atoms with Gasteiger partial charge < -0.3 is 15.3 Å². The highest BCUT2D eigenvalue weighted by Crippen LogP contribution is 2.26. The average Bonchev–Trinajstić information content (AvgIpc) is 2.73. The number of amides is 1. The van der Waals surface area contributed by atoms with Crippen LogP contribution in [0.15, 0.2) is 6.07 Å². The molecule has 2 N–H and O–H groups in total. The van der Waals surface area contributed by atoms with Crippen LogP contribution in [0, 0.1) is 6.92 Å². The molecule has 0 saturated carbocycles. The number of piperidine rings is 1. The van der Waals surface area contributed by atoms with E-state index in [4.69, 9.17) is 0 Å². The second kappa shape index (κ2) is 4.45. The Morgan fingerprint density at radius 2 is 2.37 bits per heavy atom. The van der Waals surface area contributed by atoms with Crippen molar-refractivity contribution in [1.29, 1.82) is 0 Å². The van der Waals surface area contributed by atoms with Crippen LogP contribution in [0.2, 0.25) is 0 Å². The summed E-state index contributed by atoms with van der Waals surface area (Å²) >= 11 is 0. The molecule has 1 saturated heterocycles. The molecular formula is C13H16FN3O2. The molecular weight excluding hydrogens is 249 g/mol. The smallest absolute Gasteiger partial charge is 0.253 e. The second-order valence-corrected chi connectivity index (χ2v) is 5.12. The SMILES string of the molecule is Cc1cc2c(nc1N1CC[C@H](O)[C@H](F)C1)CNC2=O. The van der Waals surface area contributed by atoms with Gasteiger partial charge in [-0.2, -0.15) is 0 Å². The quantitative estimate of drug-likeness (QED) is 0.778. The van der Waals surface area contributed by atoms with Crippen LogP contribution in [-0.2, 0) is 6.54 Å². The van der Waals surface area contributed by atoms with Crippen LogP contribution in [-0.4, -0.2) is 41.4 Å². The number of carbonyl (C=O) groups is 1. The zero-order valence-electron chi connectivity index (χ0n) is 10.7. The van der Waals surface area contributed by atoms with E-state index in [-0.39, 0.29) is 12.5 Å². The van der Waals surface area contributed by atoms with Gasteiger partial charge in [-0.05, 0) is 25.0 Å². The van der Waals surface area contributed by atoms with Gasteiger partial charge in [0.25, 0.3) is 5.91 Å². The van der Waals surface area contributed by atoms with E-state index in [1.807, 2.05) is 11.8 Å². The van der Waals surface area contributed by atoms with Gasteiger partial charge in [-0.15, -0.1) is 0 Å². The van der Waals surface area contributed by atoms with Crippen LogP contribution in [0.25, 0.3) is 0 Å². The highest BCUT2D eigenvalue weighted by molar-refractivity contribution is 5.98. The summed E-state index contributed by atoms with van der Waals surface area (Å²) in [6.45, 7) is 3.02. The predicted molar refractivity (Wildman–Crippen MR) is 67.9 cm³/mol. The molecule has 0 bridgehead atoms. The Balaban J connectivity index is 1.92. The Bertz CT molecular complexity index is 535. The number of alkyl halides is 1. The summed E-state index contributed by atoms with van der Waals surface area (Å²) in [4.78, 5) is 17.9. The number of hydrogen-bond donors (Lipinski definition) is 2. The molecule has 6 heteroatoms. The third kappa shape index (κ3) is 2.06. The van der Waals surface area contributed by atoms with E-state index < -0.39 is 12.3 Å². The highest BCUT2D eigenvalue weighted by Gasteiger charge is 2.30. The lowest BCUT2D eigenvalue weighted by molar-refractivity contribution is 0.0613. The summed E-state index contributed by atoms with van der Waals surface area (Å²) in [5, 5.41) is 12.1. The molecule has 1 aromatic heterocycles.